The first-order valence-corrected chi connectivity index (χ1v) is 42.6. The molecular weight excluding hydrogens is 1130 g/mol. The lowest BCUT2D eigenvalue weighted by molar-refractivity contribution is -0.143. The third-order valence-corrected chi connectivity index (χ3v) is 20.3. The lowest BCUT2D eigenvalue weighted by atomic mass is 10.0. The van der Waals surface area contributed by atoms with Crippen molar-refractivity contribution in [1.29, 1.82) is 0 Å². The molecule has 1 amide bonds. The lowest BCUT2D eigenvalue weighted by Gasteiger charge is -2.22. The van der Waals surface area contributed by atoms with Crippen LogP contribution in [0.1, 0.15) is 489 Å². The van der Waals surface area contributed by atoms with Gasteiger partial charge in [0.05, 0.1) is 25.4 Å². The van der Waals surface area contributed by atoms with Crippen LogP contribution in [0.25, 0.3) is 0 Å². The van der Waals surface area contributed by atoms with E-state index in [1.54, 1.807) is 0 Å². The van der Waals surface area contributed by atoms with Crippen molar-refractivity contribution in [3.63, 3.8) is 0 Å². The zero-order valence-corrected chi connectivity index (χ0v) is 62.8. The average Bonchev–Trinajstić information content (AvgIpc) is 3.77. The number of allylic oxidation sites excluding steroid dienone is 4. The van der Waals surface area contributed by atoms with Crippen LogP contribution >= 0.6 is 0 Å². The summed E-state index contributed by atoms with van der Waals surface area (Å²) in [6.07, 6.45) is 106. The maximum Gasteiger partial charge on any atom is 0.305 e. The maximum atomic E-state index is 12.6. The number of aliphatic hydroxyl groups excluding tert-OH is 2. The number of aliphatic hydroxyl groups is 2. The van der Waals surface area contributed by atoms with Crippen molar-refractivity contribution in [1.82, 2.24) is 5.32 Å². The van der Waals surface area contributed by atoms with Gasteiger partial charge in [0.15, 0.2) is 0 Å². The predicted octanol–water partition coefficient (Wildman–Crippen LogP) is 28.4. The summed E-state index contributed by atoms with van der Waals surface area (Å²) in [5, 5.41) is 23.5. The largest absolute Gasteiger partial charge is 0.466 e. The van der Waals surface area contributed by atoms with Gasteiger partial charge in [-0.25, -0.2) is 0 Å². The van der Waals surface area contributed by atoms with Crippen molar-refractivity contribution in [3.8, 4) is 0 Å². The van der Waals surface area contributed by atoms with E-state index >= 15 is 0 Å². The number of carbonyl (C=O) groups excluding carboxylic acids is 2. The molecule has 0 aliphatic rings. The molecule has 546 valence electrons. The molecule has 0 rings (SSSR count). The van der Waals surface area contributed by atoms with E-state index in [1.807, 2.05) is 0 Å². The van der Waals surface area contributed by atoms with Crippen molar-refractivity contribution < 1.29 is 24.5 Å². The summed E-state index contributed by atoms with van der Waals surface area (Å²) in [6, 6.07) is -0.541. The Labute approximate surface area is 577 Å². The summed E-state index contributed by atoms with van der Waals surface area (Å²) in [7, 11) is 0. The highest BCUT2D eigenvalue weighted by molar-refractivity contribution is 5.76. The summed E-state index contributed by atoms with van der Waals surface area (Å²) >= 11 is 0. The fourth-order valence-electron chi connectivity index (χ4n) is 13.8. The molecule has 0 aliphatic carbocycles. The van der Waals surface area contributed by atoms with E-state index in [9.17, 15) is 19.8 Å². The van der Waals surface area contributed by atoms with E-state index in [1.165, 1.54) is 411 Å². The number of carbonyl (C=O) groups is 2. The minimum Gasteiger partial charge on any atom is -0.466 e. The number of ether oxygens (including phenoxy) is 1. The van der Waals surface area contributed by atoms with Gasteiger partial charge in [-0.05, 0) is 57.8 Å². The predicted molar refractivity (Wildman–Crippen MR) is 407 cm³/mol. The van der Waals surface area contributed by atoms with E-state index in [4.69, 9.17) is 4.74 Å². The molecule has 0 aromatic rings. The van der Waals surface area contributed by atoms with Crippen molar-refractivity contribution in [3.05, 3.63) is 24.3 Å². The Balaban J connectivity index is 3.36. The average molecular weight is 1300 g/mol. The number of esters is 1. The van der Waals surface area contributed by atoms with Gasteiger partial charge in [-0.2, -0.15) is 0 Å². The van der Waals surface area contributed by atoms with Gasteiger partial charge in [-0.3, -0.25) is 9.59 Å². The van der Waals surface area contributed by atoms with Crippen molar-refractivity contribution in [2.75, 3.05) is 13.2 Å². The summed E-state index contributed by atoms with van der Waals surface area (Å²) in [5.74, 6) is -0.00435. The molecule has 6 heteroatoms. The molecule has 92 heavy (non-hydrogen) atoms. The highest BCUT2D eigenvalue weighted by atomic mass is 16.5. The SMILES string of the molecule is CCCCCCCCCCCCCCCCCCCCCCCCC(O)C(CO)NC(=O)CCCCCCCCCCCCCCCCCCC/C=C\C/C=C\CCCCCCCCCCCCCOC(=O)CCCCCCCCCCCCCCCCCCCC. The van der Waals surface area contributed by atoms with Crippen molar-refractivity contribution in [2.24, 2.45) is 0 Å². The first-order valence-electron chi connectivity index (χ1n) is 42.6. The van der Waals surface area contributed by atoms with Gasteiger partial charge >= 0.3 is 5.97 Å². The summed E-state index contributed by atoms with van der Waals surface area (Å²) in [6.45, 7) is 5.02. The Hall–Kier alpha value is -1.66. The highest BCUT2D eigenvalue weighted by Crippen LogP contribution is 2.21. The summed E-state index contributed by atoms with van der Waals surface area (Å²) < 4.78 is 5.52. The minimum atomic E-state index is -0.664. The molecule has 0 radical (unpaired) electrons. The second-order valence-electron chi connectivity index (χ2n) is 29.5. The van der Waals surface area contributed by atoms with E-state index < -0.39 is 12.1 Å². The Kier molecular flexibility index (Phi) is 80.3. The molecule has 6 nitrogen and oxygen atoms in total. The lowest BCUT2D eigenvalue weighted by Crippen LogP contribution is -2.45. The van der Waals surface area contributed by atoms with E-state index in [0.29, 0.717) is 25.9 Å². The van der Waals surface area contributed by atoms with Crippen molar-refractivity contribution >= 4 is 11.9 Å². The molecule has 0 bridgehead atoms. The van der Waals surface area contributed by atoms with Crippen LogP contribution in [0.15, 0.2) is 24.3 Å². The zero-order valence-electron chi connectivity index (χ0n) is 62.8. The molecule has 0 fully saturated rings. The second kappa shape index (κ2) is 81.8. The normalized spacial score (nSPS) is 12.5. The zero-order chi connectivity index (χ0) is 66.3. The van der Waals surface area contributed by atoms with Gasteiger partial charge in [-0.1, -0.05) is 443 Å². The molecule has 0 saturated heterocycles. The van der Waals surface area contributed by atoms with Gasteiger partial charge < -0.3 is 20.3 Å². The van der Waals surface area contributed by atoms with Crippen LogP contribution in [-0.2, 0) is 14.3 Å². The monoisotopic (exact) mass is 1290 g/mol. The smallest absolute Gasteiger partial charge is 0.305 e. The van der Waals surface area contributed by atoms with Gasteiger partial charge in [0, 0.05) is 12.8 Å². The summed E-state index contributed by atoms with van der Waals surface area (Å²) in [4.78, 5) is 24.7. The molecule has 2 atom stereocenters. The Morgan fingerprint density at radius 2 is 0.543 bits per heavy atom. The van der Waals surface area contributed by atoms with Gasteiger partial charge in [-0.15, -0.1) is 0 Å². The first-order chi connectivity index (χ1) is 45.5. The molecule has 0 spiro atoms. The van der Waals surface area contributed by atoms with Crippen LogP contribution in [0.4, 0.5) is 0 Å². The van der Waals surface area contributed by atoms with Gasteiger partial charge in [0.25, 0.3) is 0 Å². The number of nitrogens with one attached hydrogen (secondary N) is 1. The molecule has 0 aromatic carbocycles. The van der Waals surface area contributed by atoms with Crippen LogP contribution in [-0.4, -0.2) is 47.4 Å². The van der Waals surface area contributed by atoms with Crippen LogP contribution in [0.2, 0.25) is 0 Å². The first kappa shape index (κ1) is 90.3. The molecular formula is C86H167NO5. The molecule has 0 aromatic heterocycles. The molecule has 3 N–H and O–H groups in total. The van der Waals surface area contributed by atoms with Crippen molar-refractivity contribution in [2.45, 2.75) is 501 Å². The standard InChI is InChI=1S/C86H167NO5/c1-3-5-7-9-11-13-15-17-19-21-23-24-40-43-46-50-54-58-62-66-70-74-78-84(89)83(82-88)87-85(90)79-75-71-67-63-59-55-51-47-44-41-38-36-34-32-30-28-26-25-27-29-31-33-35-37-39-42-45-49-53-57-61-65-69-73-77-81-92-86(91)80-76-72-68-64-60-56-52-48-22-20-18-16-14-12-10-8-6-4-2/h27,29,33,35,83-84,88-89H,3-26,28,30-32,34,36-82H2,1-2H3,(H,87,90)/b29-27-,35-33-. The number of hydrogen-bond acceptors (Lipinski definition) is 5. The molecule has 2 unspecified atom stereocenters. The summed E-state index contributed by atoms with van der Waals surface area (Å²) in [5.41, 5.74) is 0. The number of unbranched alkanes of at least 4 members (excludes halogenated alkanes) is 66. The fourth-order valence-corrected chi connectivity index (χ4v) is 13.8. The fraction of sp³-hybridized carbons (Fsp3) is 0.930. The van der Waals surface area contributed by atoms with Crippen LogP contribution in [0, 0.1) is 0 Å². The van der Waals surface area contributed by atoms with E-state index in [0.717, 1.165) is 44.9 Å². The highest BCUT2D eigenvalue weighted by Gasteiger charge is 2.20. The number of rotatable bonds is 81. The Morgan fingerprint density at radius 3 is 0.826 bits per heavy atom. The quantitative estimate of drug-likeness (QED) is 0.0320. The van der Waals surface area contributed by atoms with E-state index in [-0.39, 0.29) is 18.5 Å². The molecule has 0 saturated carbocycles. The third kappa shape index (κ3) is 77.3. The number of hydrogen-bond donors (Lipinski definition) is 3. The van der Waals surface area contributed by atoms with Crippen LogP contribution in [0.5, 0.6) is 0 Å². The minimum absolute atomic E-state index is 0.0225. The van der Waals surface area contributed by atoms with Gasteiger partial charge in [0.2, 0.25) is 5.91 Å². The number of amides is 1. The van der Waals surface area contributed by atoms with Gasteiger partial charge in [0.1, 0.15) is 0 Å². The Bertz CT molecular complexity index is 1450. The molecule has 0 aliphatic heterocycles. The topological polar surface area (TPSA) is 95.9 Å². The molecule has 0 heterocycles. The van der Waals surface area contributed by atoms with Crippen LogP contribution in [0.3, 0.4) is 0 Å². The third-order valence-electron chi connectivity index (χ3n) is 20.3. The Morgan fingerprint density at radius 1 is 0.304 bits per heavy atom. The maximum absolute atomic E-state index is 12.6. The second-order valence-corrected chi connectivity index (χ2v) is 29.5. The van der Waals surface area contributed by atoms with Crippen LogP contribution < -0.4 is 5.32 Å². The van der Waals surface area contributed by atoms with E-state index in [2.05, 4.69) is 43.5 Å².